The second kappa shape index (κ2) is 8.29. The molecule has 2 nitrogen and oxygen atoms in total. The lowest BCUT2D eigenvalue weighted by molar-refractivity contribution is -0.111. The Kier molecular flexibility index (Phi) is 6.37. The highest BCUT2D eigenvalue weighted by Crippen LogP contribution is 2.51. The fourth-order valence-electron chi connectivity index (χ4n) is 3.75. The van der Waals surface area contributed by atoms with Crippen LogP contribution in [0.5, 0.6) is 0 Å². The molecule has 0 bridgehead atoms. The van der Waals surface area contributed by atoms with Gasteiger partial charge in [-0.2, -0.15) is 0 Å². The molecule has 0 aromatic heterocycles. The van der Waals surface area contributed by atoms with Crippen LogP contribution in [0.1, 0.15) is 65.7 Å². The maximum atomic E-state index is 12.7. The van der Waals surface area contributed by atoms with Gasteiger partial charge in [-0.1, -0.05) is 51.7 Å². The van der Waals surface area contributed by atoms with Crippen molar-refractivity contribution < 1.29 is 9.59 Å². The Balaban J connectivity index is 2.36. The zero-order chi connectivity index (χ0) is 17.6. The van der Waals surface area contributed by atoms with Gasteiger partial charge in [-0.05, 0) is 55.2 Å². The summed E-state index contributed by atoms with van der Waals surface area (Å²) in [6.45, 7) is 6.40. The summed E-state index contributed by atoms with van der Waals surface area (Å²) in [4.78, 5) is 24.3. The van der Waals surface area contributed by atoms with Crippen molar-refractivity contribution in [1.82, 2.24) is 0 Å². The van der Waals surface area contributed by atoms with Crippen LogP contribution in [0.4, 0.5) is 0 Å². The summed E-state index contributed by atoms with van der Waals surface area (Å²) >= 11 is 0. The molecule has 0 radical (unpaired) electrons. The molecule has 2 heteroatoms. The molecule has 1 unspecified atom stereocenters. The lowest BCUT2D eigenvalue weighted by Gasteiger charge is -2.28. The minimum atomic E-state index is -0.251. The lowest BCUT2D eigenvalue weighted by atomic mass is 9.75. The number of hydrogen-bond acceptors (Lipinski definition) is 2. The summed E-state index contributed by atoms with van der Waals surface area (Å²) in [6, 6.07) is 0. The molecule has 0 fully saturated rings. The van der Waals surface area contributed by atoms with Crippen molar-refractivity contribution in [2.45, 2.75) is 65.7 Å². The van der Waals surface area contributed by atoms with E-state index >= 15 is 0 Å². The topological polar surface area (TPSA) is 34.1 Å². The summed E-state index contributed by atoms with van der Waals surface area (Å²) < 4.78 is 0. The van der Waals surface area contributed by atoms with Crippen LogP contribution in [0.25, 0.3) is 0 Å². The van der Waals surface area contributed by atoms with Gasteiger partial charge < -0.3 is 0 Å². The number of ketones is 2. The first-order valence-electron chi connectivity index (χ1n) is 9.23. The average molecular weight is 324 g/mol. The van der Waals surface area contributed by atoms with E-state index in [1.807, 2.05) is 12.2 Å². The molecule has 0 heterocycles. The maximum absolute atomic E-state index is 12.7. The van der Waals surface area contributed by atoms with Gasteiger partial charge >= 0.3 is 0 Å². The predicted octanol–water partition coefficient (Wildman–Crippen LogP) is 4.96. The van der Waals surface area contributed by atoms with Gasteiger partial charge in [-0.25, -0.2) is 0 Å². The van der Waals surface area contributed by atoms with Gasteiger partial charge in [0.05, 0.1) is 0 Å². The monoisotopic (exact) mass is 324 g/mol. The lowest BCUT2D eigenvalue weighted by Crippen LogP contribution is -2.19. The van der Waals surface area contributed by atoms with Gasteiger partial charge in [0.25, 0.3) is 0 Å². The van der Waals surface area contributed by atoms with Crippen molar-refractivity contribution in [1.29, 1.82) is 0 Å². The molecule has 24 heavy (non-hydrogen) atoms. The van der Waals surface area contributed by atoms with Gasteiger partial charge in [-0.3, -0.25) is 9.59 Å². The van der Waals surface area contributed by atoms with Crippen LogP contribution in [0, 0.1) is 23.2 Å². The SMILES string of the molecule is CCCCC#CC(=O)C1=C(CCCC)C2(C=CC(=O)C=C2)CC1C. The number of hydrogen-bond donors (Lipinski definition) is 0. The Hall–Kier alpha value is -1.88. The second-order valence-electron chi connectivity index (χ2n) is 6.94. The van der Waals surface area contributed by atoms with Gasteiger partial charge in [0.15, 0.2) is 5.78 Å². The first-order valence-corrected chi connectivity index (χ1v) is 9.23. The van der Waals surface area contributed by atoms with Crippen LogP contribution in [-0.4, -0.2) is 11.6 Å². The quantitative estimate of drug-likeness (QED) is 0.393. The first-order chi connectivity index (χ1) is 11.5. The minimum Gasteiger partial charge on any atom is -0.290 e. The van der Waals surface area contributed by atoms with E-state index in [-0.39, 0.29) is 22.9 Å². The third-order valence-electron chi connectivity index (χ3n) is 5.00. The normalized spacial score (nSPS) is 21.3. The summed E-state index contributed by atoms with van der Waals surface area (Å²) in [5, 5.41) is 0. The average Bonchev–Trinajstić information content (AvgIpc) is 2.84. The van der Waals surface area contributed by atoms with Crippen molar-refractivity contribution >= 4 is 11.6 Å². The van der Waals surface area contributed by atoms with Crippen LogP contribution in [-0.2, 0) is 9.59 Å². The molecular formula is C22H28O2. The minimum absolute atomic E-state index is 0.0136. The zero-order valence-corrected chi connectivity index (χ0v) is 15.2. The fourth-order valence-corrected chi connectivity index (χ4v) is 3.75. The van der Waals surface area contributed by atoms with Crippen LogP contribution in [0.2, 0.25) is 0 Å². The molecule has 1 atom stereocenters. The fraction of sp³-hybridized carbons (Fsp3) is 0.545. The standard InChI is InChI=1S/C22H28O2/c1-4-6-8-9-11-20(24)21-17(3)16-22(19(21)10-7-5-2)14-12-18(23)13-15-22/h12-15,17H,4-8,10,16H2,1-3H3. The number of rotatable bonds is 6. The molecule has 2 rings (SSSR count). The second-order valence-corrected chi connectivity index (χ2v) is 6.94. The number of allylic oxidation sites excluding steroid dienone is 6. The Morgan fingerprint density at radius 1 is 1.21 bits per heavy atom. The Morgan fingerprint density at radius 3 is 2.50 bits per heavy atom. The molecule has 0 aliphatic heterocycles. The molecule has 2 aliphatic rings. The van der Waals surface area contributed by atoms with Crippen LogP contribution >= 0.6 is 0 Å². The highest BCUT2D eigenvalue weighted by molar-refractivity contribution is 6.10. The van der Waals surface area contributed by atoms with Crippen molar-refractivity contribution in [3.63, 3.8) is 0 Å². The molecule has 0 saturated heterocycles. The van der Waals surface area contributed by atoms with E-state index in [2.05, 4.69) is 32.6 Å². The largest absolute Gasteiger partial charge is 0.290 e. The van der Waals surface area contributed by atoms with Gasteiger partial charge in [0.1, 0.15) is 0 Å². The molecule has 2 aliphatic carbocycles. The van der Waals surface area contributed by atoms with Gasteiger partial charge in [-0.15, -0.1) is 0 Å². The molecule has 0 amide bonds. The van der Waals surface area contributed by atoms with Gasteiger partial charge in [0.2, 0.25) is 5.78 Å². The number of carbonyl (C=O) groups excluding carboxylic acids is 2. The predicted molar refractivity (Wildman–Crippen MR) is 98.4 cm³/mol. The molecular weight excluding hydrogens is 296 g/mol. The first kappa shape index (κ1) is 18.5. The highest BCUT2D eigenvalue weighted by atomic mass is 16.1. The number of carbonyl (C=O) groups is 2. The third kappa shape index (κ3) is 3.96. The highest BCUT2D eigenvalue weighted by Gasteiger charge is 2.43. The van der Waals surface area contributed by atoms with E-state index in [1.54, 1.807) is 12.2 Å². The van der Waals surface area contributed by atoms with Crippen molar-refractivity contribution in [2.24, 2.45) is 11.3 Å². The Bertz CT molecular complexity index is 633. The van der Waals surface area contributed by atoms with Crippen LogP contribution in [0.15, 0.2) is 35.5 Å². The van der Waals surface area contributed by atoms with E-state index in [0.717, 1.165) is 50.5 Å². The molecule has 0 aromatic carbocycles. The van der Waals surface area contributed by atoms with E-state index in [9.17, 15) is 9.59 Å². The van der Waals surface area contributed by atoms with E-state index in [0.29, 0.717) is 0 Å². The summed E-state index contributed by atoms with van der Waals surface area (Å²) in [7, 11) is 0. The molecule has 128 valence electrons. The number of Topliss-reactive ketones (excluding diaryl/α,β-unsaturated/α-hetero) is 1. The molecule has 0 aromatic rings. The van der Waals surface area contributed by atoms with Crippen molar-refractivity contribution in [3.8, 4) is 11.8 Å². The van der Waals surface area contributed by atoms with E-state index < -0.39 is 0 Å². The van der Waals surface area contributed by atoms with Crippen molar-refractivity contribution in [3.05, 3.63) is 35.5 Å². The van der Waals surface area contributed by atoms with Crippen LogP contribution < -0.4 is 0 Å². The smallest absolute Gasteiger partial charge is 0.232 e. The molecule has 0 N–H and O–H groups in total. The summed E-state index contributed by atoms with van der Waals surface area (Å²) in [5.74, 6) is 6.10. The molecule has 0 saturated carbocycles. The summed E-state index contributed by atoms with van der Waals surface area (Å²) in [6.07, 6.45) is 14.1. The Morgan fingerprint density at radius 2 is 1.88 bits per heavy atom. The van der Waals surface area contributed by atoms with E-state index in [4.69, 9.17) is 0 Å². The summed E-state index contributed by atoms with van der Waals surface area (Å²) in [5.41, 5.74) is 1.83. The van der Waals surface area contributed by atoms with Gasteiger partial charge in [0, 0.05) is 17.4 Å². The zero-order valence-electron chi connectivity index (χ0n) is 15.2. The van der Waals surface area contributed by atoms with Crippen molar-refractivity contribution in [2.75, 3.05) is 0 Å². The van der Waals surface area contributed by atoms with E-state index in [1.165, 1.54) is 5.57 Å². The molecule has 1 spiro atoms. The third-order valence-corrected chi connectivity index (χ3v) is 5.00. The maximum Gasteiger partial charge on any atom is 0.232 e. The van der Waals surface area contributed by atoms with Crippen LogP contribution in [0.3, 0.4) is 0 Å². The number of unbranched alkanes of at least 4 members (excludes halogenated alkanes) is 3. The Labute approximate surface area is 146 Å².